The molecule has 2 radical (unpaired) electrons. The molecule has 0 saturated carbocycles. The third-order valence-corrected chi connectivity index (χ3v) is 2.94. The van der Waals surface area contributed by atoms with Gasteiger partial charge in [-0.3, -0.25) is 4.90 Å². The van der Waals surface area contributed by atoms with Gasteiger partial charge in [-0.25, -0.2) is 0 Å². The Morgan fingerprint density at radius 2 is 1.89 bits per heavy atom. The highest BCUT2D eigenvalue weighted by atomic mass is 19.4. The van der Waals surface area contributed by atoms with Crippen LogP contribution in [0.25, 0.3) is 0 Å². The summed E-state index contributed by atoms with van der Waals surface area (Å²) in [6, 6.07) is 3.95. The highest BCUT2D eigenvalue weighted by Crippen LogP contribution is 2.31. The van der Waals surface area contributed by atoms with E-state index in [9.17, 15) is 13.2 Å². The van der Waals surface area contributed by atoms with Crippen LogP contribution < -0.4 is 5.46 Å². The first-order chi connectivity index (χ1) is 8.47. The molecule has 1 aliphatic rings. The van der Waals surface area contributed by atoms with Gasteiger partial charge >= 0.3 is 6.18 Å². The lowest BCUT2D eigenvalue weighted by atomic mass is 9.91. The van der Waals surface area contributed by atoms with E-state index >= 15 is 0 Å². The number of benzene rings is 1. The molecule has 1 saturated heterocycles. The van der Waals surface area contributed by atoms with Crippen LogP contribution in [0.15, 0.2) is 18.2 Å². The number of hydrogen-bond acceptors (Lipinski definition) is 2. The minimum absolute atomic E-state index is 0.132. The van der Waals surface area contributed by atoms with Crippen molar-refractivity contribution in [3.63, 3.8) is 0 Å². The number of morpholine rings is 1. The maximum Gasteiger partial charge on any atom is 0.416 e. The fourth-order valence-electron chi connectivity index (χ4n) is 2.00. The molecule has 2 rings (SSSR count). The van der Waals surface area contributed by atoms with Crippen LogP contribution in [-0.2, 0) is 17.5 Å². The van der Waals surface area contributed by atoms with Crippen molar-refractivity contribution in [2.45, 2.75) is 12.7 Å². The van der Waals surface area contributed by atoms with E-state index in [2.05, 4.69) is 0 Å². The summed E-state index contributed by atoms with van der Waals surface area (Å²) in [4.78, 5) is 1.95. The molecule has 0 atom stereocenters. The first kappa shape index (κ1) is 13.4. The van der Waals surface area contributed by atoms with E-state index in [1.165, 1.54) is 12.1 Å². The molecular formula is C12H13BF3NO. The van der Waals surface area contributed by atoms with Gasteiger partial charge in [0.1, 0.15) is 7.85 Å². The Morgan fingerprint density at radius 1 is 1.22 bits per heavy atom. The topological polar surface area (TPSA) is 12.5 Å². The zero-order valence-corrected chi connectivity index (χ0v) is 9.83. The predicted octanol–water partition coefficient (Wildman–Crippen LogP) is 1.33. The van der Waals surface area contributed by atoms with E-state index in [4.69, 9.17) is 12.6 Å². The first-order valence-electron chi connectivity index (χ1n) is 5.72. The molecule has 1 fully saturated rings. The van der Waals surface area contributed by atoms with Gasteiger partial charge in [0, 0.05) is 19.6 Å². The van der Waals surface area contributed by atoms with Crippen molar-refractivity contribution in [1.29, 1.82) is 0 Å². The second-order valence-corrected chi connectivity index (χ2v) is 4.30. The van der Waals surface area contributed by atoms with Gasteiger partial charge in [-0.2, -0.15) is 13.2 Å². The van der Waals surface area contributed by atoms with E-state index in [1.807, 2.05) is 4.90 Å². The van der Waals surface area contributed by atoms with Gasteiger partial charge in [0.2, 0.25) is 0 Å². The summed E-state index contributed by atoms with van der Waals surface area (Å²) in [5.41, 5.74) is -0.249. The van der Waals surface area contributed by atoms with E-state index in [0.29, 0.717) is 26.3 Å². The molecule has 0 aromatic heterocycles. The van der Waals surface area contributed by atoms with Gasteiger partial charge in [0.15, 0.2) is 0 Å². The zero-order valence-electron chi connectivity index (χ0n) is 9.83. The minimum atomic E-state index is -4.36. The lowest BCUT2D eigenvalue weighted by molar-refractivity contribution is -0.138. The molecule has 2 nitrogen and oxygen atoms in total. The maximum atomic E-state index is 12.9. The summed E-state index contributed by atoms with van der Waals surface area (Å²) in [5.74, 6) is 0. The zero-order chi connectivity index (χ0) is 13.2. The number of nitrogens with zero attached hydrogens (tertiary/aromatic N) is 1. The molecule has 0 unspecified atom stereocenters. The summed E-state index contributed by atoms with van der Waals surface area (Å²) >= 11 is 0. The molecular weight excluding hydrogens is 242 g/mol. The van der Waals surface area contributed by atoms with E-state index in [0.717, 1.165) is 6.07 Å². The van der Waals surface area contributed by atoms with Crippen LogP contribution in [0, 0.1) is 0 Å². The number of halogens is 3. The first-order valence-corrected chi connectivity index (χ1v) is 5.72. The molecule has 1 aromatic rings. The normalized spacial score (nSPS) is 17.9. The molecule has 0 spiro atoms. The maximum absolute atomic E-state index is 12.9. The summed E-state index contributed by atoms with van der Waals surface area (Å²) in [5, 5.41) is 0. The van der Waals surface area contributed by atoms with Crippen LogP contribution in [0.2, 0.25) is 0 Å². The Hall–Kier alpha value is -1.01. The molecule has 6 heteroatoms. The molecule has 0 aliphatic carbocycles. The third-order valence-electron chi connectivity index (χ3n) is 2.94. The summed E-state index contributed by atoms with van der Waals surface area (Å²) in [7, 11) is 5.42. The van der Waals surface area contributed by atoms with Crippen molar-refractivity contribution in [3.8, 4) is 0 Å². The Balaban J connectivity index is 2.21. The largest absolute Gasteiger partial charge is 0.416 e. The van der Waals surface area contributed by atoms with Crippen molar-refractivity contribution >= 4 is 13.3 Å². The molecule has 96 valence electrons. The van der Waals surface area contributed by atoms with Crippen LogP contribution in [0.4, 0.5) is 13.2 Å². The number of hydrogen-bond donors (Lipinski definition) is 0. The minimum Gasteiger partial charge on any atom is -0.379 e. The number of alkyl halides is 3. The van der Waals surface area contributed by atoms with Crippen LogP contribution in [-0.4, -0.2) is 39.0 Å². The molecule has 1 aromatic carbocycles. The second-order valence-electron chi connectivity index (χ2n) is 4.30. The van der Waals surface area contributed by atoms with Crippen molar-refractivity contribution in [3.05, 3.63) is 29.3 Å². The van der Waals surface area contributed by atoms with Crippen molar-refractivity contribution in [2.75, 3.05) is 26.3 Å². The summed E-state index contributed by atoms with van der Waals surface area (Å²) in [6.07, 6.45) is -4.36. The summed E-state index contributed by atoms with van der Waals surface area (Å²) in [6.45, 7) is 2.72. The van der Waals surface area contributed by atoms with Gasteiger partial charge in [0.25, 0.3) is 0 Å². The fourth-order valence-corrected chi connectivity index (χ4v) is 2.00. The van der Waals surface area contributed by atoms with Gasteiger partial charge < -0.3 is 4.74 Å². The Labute approximate surface area is 105 Å². The Bertz CT molecular complexity index is 416. The SMILES string of the molecule is [B]c1ccc(CN2CCOCC2)c(C(F)(F)F)c1. The van der Waals surface area contributed by atoms with Gasteiger partial charge in [-0.1, -0.05) is 23.7 Å². The van der Waals surface area contributed by atoms with Crippen LogP contribution in [0.5, 0.6) is 0 Å². The predicted molar refractivity (Wildman–Crippen MR) is 62.9 cm³/mol. The number of rotatable bonds is 2. The molecule has 0 amide bonds. The molecule has 18 heavy (non-hydrogen) atoms. The van der Waals surface area contributed by atoms with Crippen LogP contribution in [0.3, 0.4) is 0 Å². The standard InChI is InChI=1S/C12H13BF3NO/c13-10-2-1-9(11(7-10)12(14,15)16)8-17-3-5-18-6-4-17/h1-2,7H,3-6,8H2. The fraction of sp³-hybridized carbons (Fsp3) is 0.500. The smallest absolute Gasteiger partial charge is 0.379 e. The second kappa shape index (κ2) is 5.32. The average Bonchev–Trinajstić information content (AvgIpc) is 2.31. The van der Waals surface area contributed by atoms with Crippen LogP contribution in [0.1, 0.15) is 11.1 Å². The Kier molecular flexibility index (Phi) is 3.97. The highest BCUT2D eigenvalue weighted by Gasteiger charge is 2.33. The Morgan fingerprint density at radius 3 is 2.50 bits per heavy atom. The molecule has 1 aliphatic heterocycles. The van der Waals surface area contributed by atoms with Gasteiger partial charge in [-0.15, -0.1) is 0 Å². The molecule has 1 heterocycles. The monoisotopic (exact) mass is 255 g/mol. The van der Waals surface area contributed by atoms with E-state index in [1.54, 1.807) is 0 Å². The highest BCUT2D eigenvalue weighted by molar-refractivity contribution is 6.32. The lowest BCUT2D eigenvalue weighted by Gasteiger charge is -2.27. The van der Waals surface area contributed by atoms with Gasteiger partial charge in [0.05, 0.1) is 18.8 Å². The van der Waals surface area contributed by atoms with Crippen molar-refractivity contribution in [1.82, 2.24) is 4.90 Å². The quantitative estimate of drug-likeness (QED) is 0.739. The third kappa shape index (κ3) is 3.26. The van der Waals surface area contributed by atoms with Crippen molar-refractivity contribution < 1.29 is 17.9 Å². The van der Waals surface area contributed by atoms with Crippen LogP contribution >= 0.6 is 0 Å². The van der Waals surface area contributed by atoms with Gasteiger partial charge in [-0.05, 0) is 5.56 Å². The lowest BCUT2D eigenvalue weighted by Crippen LogP contribution is -2.36. The summed E-state index contributed by atoms with van der Waals surface area (Å²) < 4.78 is 43.8. The number of ether oxygens (including phenoxy) is 1. The van der Waals surface area contributed by atoms with E-state index < -0.39 is 11.7 Å². The van der Waals surface area contributed by atoms with Crippen molar-refractivity contribution in [2.24, 2.45) is 0 Å². The van der Waals surface area contributed by atoms with E-state index in [-0.39, 0.29) is 17.6 Å². The molecule has 0 N–H and O–H groups in total. The molecule has 0 bridgehead atoms. The average molecular weight is 255 g/mol.